The van der Waals surface area contributed by atoms with Crippen LogP contribution in [0.2, 0.25) is 0 Å². The molecule has 0 bridgehead atoms. The molecule has 4 rings (SSSR count). The van der Waals surface area contributed by atoms with Gasteiger partial charge in [0.1, 0.15) is 0 Å². The van der Waals surface area contributed by atoms with Gasteiger partial charge in [-0.3, -0.25) is 0 Å². The minimum Gasteiger partial charge on any atom is -0.418 e. The zero-order valence-electron chi connectivity index (χ0n) is 20.3. The molecule has 38 heavy (non-hydrogen) atoms. The molecular formula is C26H26B2F8N2. The van der Waals surface area contributed by atoms with Crippen LogP contribution in [-0.4, -0.2) is 14.5 Å². The fraction of sp³-hybridized carbons (Fsp3) is 0.154. The van der Waals surface area contributed by atoms with Crippen LogP contribution in [0.15, 0.2) is 110 Å². The Kier molecular flexibility index (Phi) is 12.0. The molecule has 12 heteroatoms. The summed E-state index contributed by atoms with van der Waals surface area (Å²) < 4.78 is 82.5. The van der Waals surface area contributed by atoms with E-state index in [4.69, 9.17) is 0 Å². The number of hydrogen-bond donors (Lipinski definition) is 0. The maximum absolute atomic E-state index is 9.75. The first kappa shape index (κ1) is 30.5. The lowest BCUT2D eigenvalue weighted by molar-refractivity contribution is -0.696. The summed E-state index contributed by atoms with van der Waals surface area (Å²) >= 11 is 0. The minimum absolute atomic E-state index is 0.999. The zero-order chi connectivity index (χ0) is 28.0. The second-order valence-electron chi connectivity index (χ2n) is 8.11. The van der Waals surface area contributed by atoms with Crippen molar-refractivity contribution in [3.8, 4) is 11.1 Å². The van der Waals surface area contributed by atoms with E-state index >= 15 is 0 Å². The number of aryl methyl sites for hydroxylation is 4. The predicted molar refractivity (Wildman–Crippen MR) is 133 cm³/mol. The lowest BCUT2D eigenvalue weighted by Crippen LogP contribution is -2.34. The van der Waals surface area contributed by atoms with Crippen LogP contribution in [0.25, 0.3) is 11.1 Å². The number of hydrogen-bond acceptors (Lipinski definition) is 0. The average molecular weight is 540 g/mol. The minimum atomic E-state index is -6.00. The summed E-state index contributed by atoms with van der Waals surface area (Å²) in [7, 11) is -12.0. The first-order valence-electron chi connectivity index (χ1n) is 11.7. The van der Waals surface area contributed by atoms with Gasteiger partial charge in [-0.1, -0.05) is 60.7 Å². The molecule has 2 nitrogen and oxygen atoms in total. The van der Waals surface area contributed by atoms with E-state index < -0.39 is 14.5 Å². The maximum atomic E-state index is 9.75. The summed E-state index contributed by atoms with van der Waals surface area (Å²) in [6.07, 6.45) is 10.8. The van der Waals surface area contributed by atoms with Gasteiger partial charge < -0.3 is 34.5 Å². The van der Waals surface area contributed by atoms with Crippen molar-refractivity contribution in [3.05, 3.63) is 121 Å². The van der Waals surface area contributed by atoms with E-state index in [1.807, 2.05) is 0 Å². The van der Waals surface area contributed by atoms with Gasteiger partial charge >= 0.3 is 14.5 Å². The first-order valence-corrected chi connectivity index (χ1v) is 11.7. The number of pyridine rings is 2. The normalized spacial score (nSPS) is 11.1. The molecular weight excluding hydrogens is 514 g/mol. The van der Waals surface area contributed by atoms with Crippen LogP contribution in [0.1, 0.15) is 11.1 Å². The highest BCUT2D eigenvalue weighted by molar-refractivity contribution is 6.50. The standard InChI is InChI=1S/C26H26N2.2BF4/c1-3-7-23(8-4-1)11-17-27-19-13-25(14-20-27)26-15-21-28(22-16-26)18-12-24-9-5-2-6-10-24;2*2-1(3,4)5/h1-10,13-16,19-22H,11-12,17-18H2;;/q+2;2*-1. The second-order valence-corrected chi connectivity index (χ2v) is 8.11. The Morgan fingerprint density at radius 1 is 0.421 bits per heavy atom. The number of rotatable bonds is 7. The molecule has 0 aliphatic carbocycles. The van der Waals surface area contributed by atoms with Gasteiger partial charge in [-0.2, -0.15) is 0 Å². The number of aromatic nitrogens is 2. The summed E-state index contributed by atoms with van der Waals surface area (Å²) in [4.78, 5) is 0. The van der Waals surface area contributed by atoms with Crippen LogP contribution >= 0.6 is 0 Å². The van der Waals surface area contributed by atoms with Crippen molar-refractivity contribution in [1.82, 2.24) is 0 Å². The van der Waals surface area contributed by atoms with Crippen LogP contribution in [0.4, 0.5) is 34.5 Å². The van der Waals surface area contributed by atoms with Gasteiger partial charge in [0, 0.05) is 37.1 Å². The van der Waals surface area contributed by atoms with E-state index in [2.05, 4.69) is 119 Å². The first-order chi connectivity index (χ1) is 17.9. The molecule has 0 radical (unpaired) electrons. The van der Waals surface area contributed by atoms with E-state index in [1.54, 1.807) is 0 Å². The van der Waals surface area contributed by atoms with Gasteiger partial charge in [-0.05, 0) is 22.3 Å². The SMILES string of the molecule is F[B-](F)(F)F.F[B-](F)(F)F.c1ccc(CC[n+]2ccc(-c3cc[n+](CCc4ccccc4)cc3)cc2)cc1. The Hall–Kier alpha value is -3.69. The summed E-state index contributed by atoms with van der Waals surface area (Å²) in [5.74, 6) is 0. The lowest BCUT2D eigenvalue weighted by Gasteiger charge is -2.02. The Morgan fingerprint density at radius 2 is 0.684 bits per heavy atom. The van der Waals surface area contributed by atoms with Gasteiger partial charge in [-0.15, -0.1) is 0 Å². The fourth-order valence-electron chi connectivity index (χ4n) is 3.40. The van der Waals surface area contributed by atoms with E-state index in [1.165, 1.54) is 22.3 Å². The Bertz CT molecular complexity index is 1080. The van der Waals surface area contributed by atoms with E-state index in [-0.39, 0.29) is 0 Å². The summed E-state index contributed by atoms with van der Waals surface area (Å²) in [5.41, 5.74) is 5.27. The average Bonchev–Trinajstić information content (AvgIpc) is 2.86. The summed E-state index contributed by atoms with van der Waals surface area (Å²) in [6.45, 7) is 2.00. The van der Waals surface area contributed by atoms with Gasteiger partial charge in [0.15, 0.2) is 37.9 Å². The van der Waals surface area contributed by atoms with E-state index in [0.717, 1.165) is 25.9 Å². The van der Waals surface area contributed by atoms with Gasteiger partial charge in [0.25, 0.3) is 0 Å². The van der Waals surface area contributed by atoms with Crippen molar-refractivity contribution in [2.24, 2.45) is 0 Å². The molecule has 202 valence electrons. The summed E-state index contributed by atoms with van der Waals surface area (Å²) in [5, 5.41) is 0. The quantitative estimate of drug-likeness (QED) is 0.135. The molecule has 0 spiro atoms. The maximum Gasteiger partial charge on any atom is 0.673 e. The molecule has 0 fully saturated rings. The lowest BCUT2D eigenvalue weighted by atomic mass is 10.1. The number of nitrogens with zero attached hydrogens (tertiary/aromatic N) is 2. The molecule has 0 saturated carbocycles. The van der Waals surface area contributed by atoms with Crippen molar-refractivity contribution in [3.63, 3.8) is 0 Å². The Morgan fingerprint density at radius 3 is 0.947 bits per heavy atom. The van der Waals surface area contributed by atoms with Crippen molar-refractivity contribution in [2.45, 2.75) is 25.9 Å². The van der Waals surface area contributed by atoms with Crippen LogP contribution in [0, 0.1) is 0 Å². The van der Waals surface area contributed by atoms with Crippen molar-refractivity contribution in [2.75, 3.05) is 0 Å². The molecule has 0 amide bonds. The monoisotopic (exact) mass is 540 g/mol. The third-order valence-electron chi connectivity index (χ3n) is 5.12. The molecule has 0 N–H and O–H groups in total. The van der Waals surface area contributed by atoms with E-state index in [0.29, 0.717) is 0 Å². The van der Waals surface area contributed by atoms with Crippen molar-refractivity contribution >= 4 is 14.5 Å². The molecule has 0 aliphatic heterocycles. The van der Waals surface area contributed by atoms with Gasteiger partial charge in [0.2, 0.25) is 0 Å². The third-order valence-corrected chi connectivity index (χ3v) is 5.12. The molecule has 0 atom stereocenters. The molecule has 0 aliphatic rings. The van der Waals surface area contributed by atoms with Crippen LogP contribution in [0.3, 0.4) is 0 Å². The second kappa shape index (κ2) is 14.9. The van der Waals surface area contributed by atoms with Gasteiger partial charge in [0.05, 0.1) is 0 Å². The topological polar surface area (TPSA) is 7.76 Å². The molecule has 2 heterocycles. The molecule has 0 saturated heterocycles. The predicted octanol–water partition coefficient (Wildman–Crippen LogP) is 7.01. The third kappa shape index (κ3) is 14.8. The van der Waals surface area contributed by atoms with Gasteiger partial charge in [-0.25, -0.2) is 9.13 Å². The smallest absolute Gasteiger partial charge is 0.418 e. The van der Waals surface area contributed by atoms with Crippen molar-refractivity contribution < 1.29 is 43.7 Å². The highest BCUT2D eigenvalue weighted by atomic mass is 19.5. The van der Waals surface area contributed by atoms with Crippen LogP contribution in [0.5, 0.6) is 0 Å². The molecule has 2 aromatic heterocycles. The fourth-order valence-corrected chi connectivity index (χ4v) is 3.40. The summed E-state index contributed by atoms with van der Waals surface area (Å²) in [6, 6.07) is 30.1. The molecule has 0 unspecified atom stereocenters. The van der Waals surface area contributed by atoms with Crippen molar-refractivity contribution in [1.29, 1.82) is 0 Å². The Balaban J connectivity index is 0.000000435. The van der Waals surface area contributed by atoms with E-state index in [9.17, 15) is 34.5 Å². The number of halogens is 8. The zero-order valence-corrected chi connectivity index (χ0v) is 20.3. The highest BCUT2D eigenvalue weighted by Gasteiger charge is 2.21. The van der Waals surface area contributed by atoms with Crippen LogP contribution < -0.4 is 9.13 Å². The number of benzene rings is 2. The molecule has 2 aromatic carbocycles. The van der Waals surface area contributed by atoms with Crippen LogP contribution in [-0.2, 0) is 25.9 Å². The molecule has 4 aromatic rings. The highest BCUT2D eigenvalue weighted by Crippen LogP contribution is 2.15. The largest absolute Gasteiger partial charge is 0.673 e. The Labute approximate surface area is 216 Å².